The summed E-state index contributed by atoms with van der Waals surface area (Å²) in [5.74, 6) is -2.59. The van der Waals surface area contributed by atoms with Crippen LogP contribution < -0.4 is 20.1 Å². The van der Waals surface area contributed by atoms with Crippen LogP contribution in [-0.4, -0.2) is 39.5 Å². The highest BCUT2D eigenvalue weighted by Gasteiger charge is 2.29. The normalized spacial score (nSPS) is 11.4. The van der Waals surface area contributed by atoms with Gasteiger partial charge in [0.2, 0.25) is 5.79 Å². The minimum absolute atomic E-state index is 0.161. The van der Waals surface area contributed by atoms with Crippen molar-refractivity contribution in [1.29, 1.82) is 0 Å². The maximum absolute atomic E-state index is 13.0. The van der Waals surface area contributed by atoms with Gasteiger partial charge in [-0.1, -0.05) is 12.1 Å². The predicted octanol–water partition coefficient (Wildman–Crippen LogP) is 5.04. The lowest BCUT2D eigenvalue weighted by Gasteiger charge is -2.22. The van der Waals surface area contributed by atoms with Crippen LogP contribution in [0.4, 0.5) is 11.4 Å². The van der Waals surface area contributed by atoms with E-state index in [1.807, 2.05) is 0 Å². The Morgan fingerprint density at radius 3 is 1.46 bits per heavy atom. The molecule has 10 heteroatoms. The van der Waals surface area contributed by atoms with Crippen molar-refractivity contribution >= 4 is 29.2 Å². The van der Waals surface area contributed by atoms with E-state index in [1.165, 1.54) is 39.8 Å². The Morgan fingerprint density at radius 1 is 0.676 bits per heavy atom. The molecule has 2 amide bonds. The summed E-state index contributed by atoms with van der Waals surface area (Å²) in [5.41, 5.74) is -0.178. The summed E-state index contributed by atoms with van der Waals surface area (Å²) in [6.45, 7) is 5.93. The van der Waals surface area contributed by atoms with E-state index in [4.69, 9.17) is 14.7 Å². The summed E-state index contributed by atoms with van der Waals surface area (Å²) in [4.78, 5) is 41.4. The molecular formula is C27H28N2O8. The van der Waals surface area contributed by atoms with E-state index in [0.717, 1.165) is 0 Å². The zero-order valence-corrected chi connectivity index (χ0v) is 20.8. The van der Waals surface area contributed by atoms with Gasteiger partial charge in [0.25, 0.3) is 11.8 Å². The van der Waals surface area contributed by atoms with Crippen LogP contribution in [0.5, 0.6) is 11.5 Å². The van der Waals surface area contributed by atoms with Crippen molar-refractivity contribution in [2.24, 2.45) is 0 Å². The number of carbonyl (C=O) groups is 3. The van der Waals surface area contributed by atoms with Gasteiger partial charge in [0.1, 0.15) is 11.5 Å². The van der Waals surface area contributed by atoms with Gasteiger partial charge in [0.15, 0.2) is 5.60 Å². The summed E-state index contributed by atoms with van der Waals surface area (Å²) >= 11 is 0. The van der Waals surface area contributed by atoms with Crippen LogP contribution in [0.1, 0.15) is 48.4 Å². The first-order valence-corrected chi connectivity index (χ1v) is 11.3. The van der Waals surface area contributed by atoms with Gasteiger partial charge in [-0.2, -0.15) is 4.89 Å². The lowest BCUT2D eigenvalue weighted by atomic mass is 10.1. The van der Waals surface area contributed by atoms with Crippen molar-refractivity contribution in [2.45, 2.75) is 39.1 Å². The maximum atomic E-state index is 13.0. The highest BCUT2D eigenvalue weighted by atomic mass is 17.1. The van der Waals surface area contributed by atoms with Crippen LogP contribution in [-0.2, 0) is 9.68 Å². The monoisotopic (exact) mass is 508 g/mol. The SMILES string of the molecule is CC(C)(OO)Oc1ccc(NC(=O)c2ccccc2C(=O)Nc2ccc(OC(C)(C)C(=O)O)cc2)cc1. The van der Waals surface area contributed by atoms with Gasteiger partial charge in [-0.25, -0.2) is 10.1 Å². The summed E-state index contributed by atoms with van der Waals surface area (Å²) in [6.07, 6.45) is 0. The number of ether oxygens (including phenoxy) is 2. The molecule has 0 atom stereocenters. The number of aliphatic carboxylic acids is 1. The first-order chi connectivity index (χ1) is 17.4. The number of amides is 2. The minimum atomic E-state index is -1.41. The minimum Gasteiger partial charge on any atom is -0.478 e. The van der Waals surface area contributed by atoms with E-state index in [-0.39, 0.29) is 11.1 Å². The summed E-state index contributed by atoms with van der Waals surface area (Å²) in [5, 5.41) is 23.5. The largest absolute Gasteiger partial charge is 0.478 e. The maximum Gasteiger partial charge on any atom is 0.347 e. The Morgan fingerprint density at radius 2 is 1.08 bits per heavy atom. The van der Waals surface area contributed by atoms with E-state index >= 15 is 0 Å². The van der Waals surface area contributed by atoms with Crippen LogP contribution in [0, 0.1) is 0 Å². The molecule has 0 unspecified atom stereocenters. The van der Waals surface area contributed by atoms with Gasteiger partial charge < -0.3 is 25.2 Å². The molecule has 10 nitrogen and oxygen atoms in total. The van der Waals surface area contributed by atoms with Gasteiger partial charge >= 0.3 is 5.97 Å². The van der Waals surface area contributed by atoms with E-state index in [9.17, 15) is 19.5 Å². The molecule has 0 heterocycles. The summed E-state index contributed by atoms with van der Waals surface area (Å²) < 4.78 is 10.9. The molecule has 4 N–H and O–H groups in total. The van der Waals surface area contributed by atoms with E-state index in [1.54, 1.807) is 60.7 Å². The Kier molecular flexibility index (Phi) is 8.16. The van der Waals surface area contributed by atoms with Crippen LogP contribution in [0.15, 0.2) is 72.8 Å². The molecule has 3 aromatic carbocycles. The van der Waals surface area contributed by atoms with Crippen LogP contribution >= 0.6 is 0 Å². The Labute approximate surface area is 213 Å². The third kappa shape index (κ3) is 7.29. The number of rotatable bonds is 10. The summed E-state index contributed by atoms with van der Waals surface area (Å²) in [6, 6.07) is 19.0. The number of nitrogens with one attached hydrogen (secondary N) is 2. The van der Waals surface area contributed by atoms with Gasteiger partial charge in [-0.05, 0) is 74.5 Å². The van der Waals surface area contributed by atoms with E-state index < -0.39 is 29.2 Å². The molecule has 0 saturated heterocycles. The van der Waals surface area contributed by atoms with Crippen molar-refractivity contribution in [3.63, 3.8) is 0 Å². The number of carboxylic acids is 1. The van der Waals surface area contributed by atoms with Crippen LogP contribution in [0.3, 0.4) is 0 Å². The molecule has 0 bridgehead atoms. The molecule has 194 valence electrons. The van der Waals surface area contributed by atoms with Crippen molar-refractivity contribution in [2.75, 3.05) is 10.6 Å². The predicted molar refractivity (Wildman–Crippen MR) is 136 cm³/mol. The van der Waals surface area contributed by atoms with Gasteiger partial charge in [0.05, 0.1) is 11.1 Å². The Hall–Kier alpha value is -4.41. The molecule has 0 aliphatic carbocycles. The Balaban J connectivity index is 1.69. The average molecular weight is 509 g/mol. The molecule has 0 fully saturated rings. The van der Waals surface area contributed by atoms with Crippen molar-refractivity contribution in [3.05, 3.63) is 83.9 Å². The molecule has 37 heavy (non-hydrogen) atoms. The number of anilines is 2. The van der Waals surface area contributed by atoms with Crippen molar-refractivity contribution < 1.29 is 39.1 Å². The highest BCUT2D eigenvalue weighted by Crippen LogP contribution is 2.24. The number of carbonyl (C=O) groups excluding carboxylic acids is 2. The number of benzene rings is 3. The first-order valence-electron chi connectivity index (χ1n) is 11.3. The standard InChI is InChI=1S/C27H28N2O8/c1-26(2,25(32)33)35-19-13-9-17(10-14-19)28-23(30)21-7-5-6-8-22(21)24(31)29-18-11-15-20(16-12-18)36-27(3,4)37-34/h5-16,34H,1-4H3,(H,28,30)(H,29,31)(H,32,33). The Bertz CT molecular complexity index is 1270. The summed E-state index contributed by atoms with van der Waals surface area (Å²) in [7, 11) is 0. The third-order valence-electron chi connectivity index (χ3n) is 5.11. The quantitative estimate of drug-likeness (QED) is 0.169. The molecule has 0 saturated carbocycles. The van der Waals surface area contributed by atoms with Crippen molar-refractivity contribution in [1.82, 2.24) is 0 Å². The zero-order valence-electron chi connectivity index (χ0n) is 20.8. The molecule has 0 aromatic heterocycles. The fourth-order valence-corrected chi connectivity index (χ4v) is 3.13. The van der Waals surface area contributed by atoms with E-state index in [0.29, 0.717) is 22.9 Å². The van der Waals surface area contributed by atoms with Gasteiger partial charge in [0, 0.05) is 25.2 Å². The third-order valence-corrected chi connectivity index (χ3v) is 5.11. The fourth-order valence-electron chi connectivity index (χ4n) is 3.13. The second kappa shape index (κ2) is 11.1. The molecular weight excluding hydrogens is 480 g/mol. The molecule has 0 aliphatic rings. The first kappa shape index (κ1) is 27.2. The highest BCUT2D eigenvalue weighted by molar-refractivity contribution is 6.15. The second-order valence-corrected chi connectivity index (χ2v) is 9.01. The second-order valence-electron chi connectivity index (χ2n) is 9.01. The van der Waals surface area contributed by atoms with Gasteiger partial charge in [-0.3, -0.25) is 9.59 Å². The molecule has 0 aliphatic heterocycles. The lowest BCUT2D eigenvalue weighted by Crippen LogP contribution is -2.37. The lowest BCUT2D eigenvalue weighted by molar-refractivity contribution is -0.368. The zero-order chi connectivity index (χ0) is 27.2. The molecule has 0 spiro atoms. The van der Waals surface area contributed by atoms with Crippen LogP contribution in [0.25, 0.3) is 0 Å². The van der Waals surface area contributed by atoms with Crippen molar-refractivity contribution in [3.8, 4) is 11.5 Å². The fraction of sp³-hybridized carbons (Fsp3) is 0.222. The number of carboxylic acid groups (broad SMARTS) is 1. The average Bonchev–Trinajstić information content (AvgIpc) is 2.86. The molecule has 3 rings (SSSR count). The van der Waals surface area contributed by atoms with E-state index in [2.05, 4.69) is 15.5 Å². The topological polar surface area (TPSA) is 143 Å². The molecule has 0 radical (unpaired) electrons. The smallest absolute Gasteiger partial charge is 0.347 e. The number of hydrogen-bond donors (Lipinski definition) is 4. The van der Waals surface area contributed by atoms with Crippen LogP contribution in [0.2, 0.25) is 0 Å². The molecule has 3 aromatic rings. The number of hydrogen-bond acceptors (Lipinski definition) is 7. The van der Waals surface area contributed by atoms with Gasteiger partial charge in [-0.15, -0.1) is 0 Å².